The molecule has 0 aliphatic heterocycles. The molecule has 31 heavy (non-hydrogen) atoms. The Morgan fingerprint density at radius 3 is 2.58 bits per heavy atom. The van der Waals surface area contributed by atoms with Gasteiger partial charge in [-0.1, -0.05) is 6.07 Å². The highest BCUT2D eigenvalue weighted by Gasteiger charge is 2.12. The van der Waals surface area contributed by atoms with Crippen LogP contribution in [-0.2, 0) is 11.2 Å². The number of furan rings is 1. The van der Waals surface area contributed by atoms with Gasteiger partial charge in [0.1, 0.15) is 11.5 Å². The summed E-state index contributed by atoms with van der Waals surface area (Å²) in [6, 6.07) is 13.2. The molecule has 0 fully saturated rings. The number of carbonyl (C=O) groups excluding carboxylic acids is 1. The van der Waals surface area contributed by atoms with Gasteiger partial charge in [-0.05, 0) is 48.4 Å². The van der Waals surface area contributed by atoms with Gasteiger partial charge in [0.05, 0.1) is 31.8 Å². The average Bonchev–Trinajstić information content (AvgIpc) is 3.22. The molecule has 0 aliphatic rings. The van der Waals surface area contributed by atoms with E-state index in [-0.39, 0.29) is 18.0 Å². The number of nitrogens with zero attached hydrogens (tertiary/aromatic N) is 2. The van der Waals surface area contributed by atoms with Crippen molar-refractivity contribution in [2.75, 3.05) is 14.2 Å². The molecule has 1 amide bonds. The Morgan fingerprint density at radius 1 is 1.13 bits per heavy atom. The number of rotatable bonds is 8. The lowest BCUT2D eigenvalue weighted by Crippen LogP contribution is -2.19. The van der Waals surface area contributed by atoms with E-state index in [1.807, 2.05) is 0 Å². The largest absolute Gasteiger partial charge is 0.493 e. The van der Waals surface area contributed by atoms with Crippen molar-refractivity contribution in [1.82, 2.24) is 5.43 Å². The minimum absolute atomic E-state index is 0.0202. The molecular formula is C22H21N3O6. The van der Waals surface area contributed by atoms with Gasteiger partial charge in [-0.15, -0.1) is 0 Å². The van der Waals surface area contributed by atoms with Crippen LogP contribution in [0.15, 0.2) is 58.0 Å². The van der Waals surface area contributed by atoms with Crippen molar-refractivity contribution in [3.63, 3.8) is 0 Å². The van der Waals surface area contributed by atoms with Crippen LogP contribution in [0, 0.1) is 17.0 Å². The molecule has 1 N–H and O–H groups in total. The lowest BCUT2D eigenvalue weighted by molar-refractivity contribution is -0.384. The third kappa shape index (κ3) is 5.27. The minimum Gasteiger partial charge on any atom is -0.493 e. The van der Waals surface area contributed by atoms with Crippen LogP contribution < -0.4 is 14.9 Å². The van der Waals surface area contributed by atoms with Gasteiger partial charge in [0, 0.05) is 17.7 Å². The fourth-order valence-electron chi connectivity index (χ4n) is 2.99. The lowest BCUT2D eigenvalue weighted by atomic mass is 10.1. The number of nitrogens with one attached hydrogen (secondary N) is 1. The van der Waals surface area contributed by atoms with Gasteiger partial charge in [-0.2, -0.15) is 5.10 Å². The predicted molar refractivity (Wildman–Crippen MR) is 115 cm³/mol. The minimum atomic E-state index is -0.443. The topological polar surface area (TPSA) is 116 Å². The number of hydrogen-bond acceptors (Lipinski definition) is 7. The van der Waals surface area contributed by atoms with Crippen LogP contribution in [0.25, 0.3) is 11.3 Å². The summed E-state index contributed by atoms with van der Waals surface area (Å²) in [4.78, 5) is 22.6. The number of methoxy groups -OCH3 is 2. The zero-order valence-electron chi connectivity index (χ0n) is 17.2. The summed E-state index contributed by atoms with van der Waals surface area (Å²) in [6.45, 7) is 1.77. The van der Waals surface area contributed by atoms with E-state index in [9.17, 15) is 14.9 Å². The molecule has 9 heteroatoms. The van der Waals surface area contributed by atoms with Crippen LogP contribution in [0.2, 0.25) is 0 Å². The second kappa shape index (κ2) is 9.57. The van der Waals surface area contributed by atoms with Crippen LogP contribution in [0.4, 0.5) is 5.69 Å². The summed E-state index contributed by atoms with van der Waals surface area (Å²) in [7, 11) is 3.07. The quantitative estimate of drug-likeness (QED) is 0.334. The molecule has 2 aromatic carbocycles. The lowest BCUT2D eigenvalue weighted by Gasteiger charge is -2.09. The SMILES string of the molecule is COc1ccc(CC(=O)N/N=C/c2ccc(-c3ccc([N+](=O)[O-])cc3C)o2)cc1OC. The van der Waals surface area contributed by atoms with Gasteiger partial charge in [0.25, 0.3) is 5.69 Å². The van der Waals surface area contributed by atoms with Crippen LogP contribution >= 0.6 is 0 Å². The van der Waals surface area contributed by atoms with E-state index >= 15 is 0 Å². The highest BCUT2D eigenvalue weighted by atomic mass is 16.6. The number of non-ortho nitro benzene ring substituents is 1. The van der Waals surface area contributed by atoms with Crippen LogP contribution in [-0.4, -0.2) is 31.3 Å². The molecule has 0 aliphatic carbocycles. The first-order chi connectivity index (χ1) is 14.9. The normalized spacial score (nSPS) is 10.8. The fourth-order valence-corrected chi connectivity index (χ4v) is 2.99. The number of hydrogen-bond donors (Lipinski definition) is 1. The molecular weight excluding hydrogens is 402 g/mol. The molecule has 0 bridgehead atoms. The van der Waals surface area contributed by atoms with Gasteiger partial charge in [-0.25, -0.2) is 5.43 Å². The first-order valence-corrected chi connectivity index (χ1v) is 9.29. The van der Waals surface area contributed by atoms with Gasteiger partial charge in [-0.3, -0.25) is 14.9 Å². The second-order valence-electron chi connectivity index (χ2n) is 6.62. The standard InChI is InChI=1S/C22H21N3O6/c1-14-10-16(25(27)28)5-7-18(14)19-9-6-17(31-19)13-23-24-22(26)12-15-4-8-20(29-2)21(11-15)30-3/h4-11,13H,12H2,1-3H3,(H,24,26)/b23-13+. The highest BCUT2D eigenvalue weighted by molar-refractivity contribution is 5.82. The van der Waals surface area contributed by atoms with Crippen molar-refractivity contribution in [3.05, 3.63) is 75.5 Å². The van der Waals surface area contributed by atoms with E-state index in [4.69, 9.17) is 13.9 Å². The smallest absolute Gasteiger partial charge is 0.269 e. The Balaban J connectivity index is 1.61. The molecule has 3 aromatic rings. The zero-order chi connectivity index (χ0) is 22.4. The molecule has 3 rings (SSSR count). The molecule has 1 heterocycles. The van der Waals surface area contributed by atoms with Crippen molar-refractivity contribution in [3.8, 4) is 22.8 Å². The molecule has 0 radical (unpaired) electrons. The van der Waals surface area contributed by atoms with Crippen molar-refractivity contribution >= 4 is 17.8 Å². The third-order valence-corrected chi connectivity index (χ3v) is 4.51. The molecule has 0 atom stereocenters. The number of nitro groups is 1. The Hall–Kier alpha value is -4.14. The van der Waals surface area contributed by atoms with E-state index in [1.54, 1.807) is 50.4 Å². The second-order valence-corrected chi connectivity index (χ2v) is 6.62. The van der Waals surface area contributed by atoms with Gasteiger partial charge in [0.2, 0.25) is 5.91 Å². The molecule has 9 nitrogen and oxygen atoms in total. The first kappa shape index (κ1) is 21.6. The average molecular weight is 423 g/mol. The summed E-state index contributed by atoms with van der Waals surface area (Å²) in [6.07, 6.45) is 1.50. The highest BCUT2D eigenvalue weighted by Crippen LogP contribution is 2.29. The summed E-state index contributed by atoms with van der Waals surface area (Å²) >= 11 is 0. The maximum absolute atomic E-state index is 12.1. The Bertz CT molecular complexity index is 1140. The summed E-state index contributed by atoms with van der Waals surface area (Å²) in [5.74, 6) is 1.80. The number of aryl methyl sites for hydroxylation is 1. The fraction of sp³-hybridized carbons (Fsp3) is 0.182. The Labute approximate surface area is 178 Å². The molecule has 0 unspecified atom stereocenters. The summed E-state index contributed by atoms with van der Waals surface area (Å²) in [5, 5.41) is 14.8. The van der Waals surface area contributed by atoms with Crippen molar-refractivity contribution < 1.29 is 23.6 Å². The van der Waals surface area contributed by atoms with E-state index in [1.165, 1.54) is 25.5 Å². The van der Waals surface area contributed by atoms with Crippen molar-refractivity contribution in [1.29, 1.82) is 0 Å². The Morgan fingerprint density at radius 2 is 1.90 bits per heavy atom. The van der Waals surface area contributed by atoms with Crippen molar-refractivity contribution in [2.45, 2.75) is 13.3 Å². The maximum Gasteiger partial charge on any atom is 0.269 e. The number of hydrazone groups is 1. The number of ether oxygens (including phenoxy) is 2. The Kier molecular flexibility index (Phi) is 6.66. The monoisotopic (exact) mass is 423 g/mol. The molecule has 0 spiro atoms. The van der Waals surface area contributed by atoms with E-state index < -0.39 is 4.92 Å². The van der Waals surface area contributed by atoms with Crippen LogP contribution in [0.1, 0.15) is 16.9 Å². The third-order valence-electron chi connectivity index (χ3n) is 4.51. The van der Waals surface area contributed by atoms with Gasteiger partial charge in [0.15, 0.2) is 11.5 Å². The summed E-state index contributed by atoms with van der Waals surface area (Å²) < 4.78 is 16.1. The van der Waals surface area contributed by atoms with Crippen LogP contribution in [0.5, 0.6) is 11.5 Å². The molecule has 0 saturated carbocycles. The molecule has 160 valence electrons. The number of benzene rings is 2. The van der Waals surface area contributed by atoms with E-state index in [0.29, 0.717) is 23.0 Å². The van der Waals surface area contributed by atoms with Crippen LogP contribution in [0.3, 0.4) is 0 Å². The van der Waals surface area contributed by atoms with Crippen molar-refractivity contribution in [2.24, 2.45) is 5.10 Å². The molecule has 0 saturated heterocycles. The predicted octanol–water partition coefficient (Wildman–Crippen LogP) is 3.87. The maximum atomic E-state index is 12.1. The molecule has 1 aromatic heterocycles. The number of nitro benzene ring substituents is 1. The first-order valence-electron chi connectivity index (χ1n) is 9.29. The zero-order valence-corrected chi connectivity index (χ0v) is 17.2. The number of amides is 1. The van der Waals surface area contributed by atoms with Gasteiger partial charge < -0.3 is 13.9 Å². The van der Waals surface area contributed by atoms with Gasteiger partial charge >= 0.3 is 0 Å². The summed E-state index contributed by atoms with van der Waals surface area (Å²) in [5.41, 5.74) is 4.68. The van der Waals surface area contributed by atoms with E-state index in [2.05, 4.69) is 10.5 Å². The van der Waals surface area contributed by atoms with E-state index in [0.717, 1.165) is 16.7 Å². The number of carbonyl (C=O) groups is 1.